The number of hydrogen-bond donors (Lipinski definition) is 2. The lowest BCUT2D eigenvalue weighted by Gasteiger charge is -2.00. The van der Waals surface area contributed by atoms with Gasteiger partial charge in [-0.3, -0.25) is 4.79 Å². The highest BCUT2D eigenvalue weighted by Gasteiger charge is 2.04. The van der Waals surface area contributed by atoms with Gasteiger partial charge in [-0.05, 0) is 0 Å². The predicted octanol–water partition coefficient (Wildman–Crippen LogP) is 2.42. The number of aliphatic carboxylic acids is 1. The molecule has 0 saturated carbocycles. The van der Waals surface area contributed by atoms with Crippen LogP contribution in [0.2, 0.25) is 0 Å². The van der Waals surface area contributed by atoms with Crippen LogP contribution in [-0.4, -0.2) is 29.1 Å². The van der Waals surface area contributed by atoms with Crippen molar-refractivity contribution in [3.63, 3.8) is 0 Å². The molecule has 2 aromatic rings. The molecule has 1 heterocycles. The fourth-order valence-electron chi connectivity index (χ4n) is 1.68. The molecule has 0 spiro atoms. The summed E-state index contributed by atoms with van der Waals surface area (Å²) in [4.78, 5) is 14.9. The fourth-order valence-corrected chi connectivity index (χ4v) is 2.49. The van der Waals surface area contributed by atoms with Gasteiger partial charge in [-0.2, -0.15) is 0 Å². The molecule has 100 valence electrons. The van der Waals surface area contributed by atoms with Crippen molar-refractivity contribution in [3.8, 4) is 11.3 Å². The number of nitrogens with one attached hydrogen (secondary N) is 1. The van der Waals surface area contributed by atoms with Gasteiger partial charge in [0.2, 0.25) is 0 Å². The van der Waals surface area contributed by atoms with Crippen molar-refractivity contribution in [1.82, 2.24) is 10.3 Å². The van der Waals surface area contributed by atoms with Crippen molar-refractivity contribution in [3.05, 3.63) is 40.7 Å². The average molecular weight is 276 g/mol. The Labute approximate surface area is 116 Å². The van der Waals surface area contributed by atoms with Crippen molar-refractivity contribution < 1.29 is 9.90 Å². The fraction of sp³-hybridized carbons (Fsp3) is 0.286. The van der Waals surface area contributed by atoms with Crippen molar-refractivity contribution in [1.29, 1.82) is 0 Å². The molecule has 1 aromatic heterocycles. The predicted molar refractivity (Wildman–Crippen MR) is 76.4 cm³/mol. The third-order valence-corrected chi connectivity index (χ3v) is 3.56. The Morgan fingerprint density at radius 2 is 2.05 bits per heavy atom. The van der Waals surface area contributed by atoms with Crippen LogP contribution in [0.4, 0.5) is 0 Å². The van der Waals surface area contributed by atoms with Gasteiger partial charge in [0.1, 0.15) is 0 Å². The molecule has 5 heteroatoms. The maximum absolute atomic E-state index is 10.3. The molecule has 0 amide bonds. The first-order valence-corrected chi connectivity index (χ1v) is 7.06. The van der Waals surface area contributed by atoms with Crippen LogP contribution < -0.4 is 5.32 Å². The van der Waals surface area contributed by atoms with E-state index < -0.39 is 5.97 Å². The smallest absolute Gasteiger partial charge is 0.304 e. The van der Waals surface area contributed by atoms with Gasteiger partial charge < -0.3 is 10.4 Å². The molecule has 0 radical (unpaired) electrons. The molecule has 0 saturated heterocycles. The lowest BCUT2D eigenvalue weighted by molar-refractivity contribution is -0.136. The molecule has 0 aliphatic heterocycles. The summed E-state index contributed by atoms with van der Waals surface area (Å²) >= 11 is 1.64. The number of carbonyl (C=O) groups is 1. The first kappa shape index (κ1) is 13.7. The van der Waals surface area contributed by atoms with Gasteiger partial charge >= 0.3 is 5.97 Å². The number of benzene rings is 1. The van der Waals surface area contributed by atoms with Crippen molar-refractivity contribution in [2.24, 2.45) is 0 Å². The number of nitrogens with zero attached hydrogens (tertiary/aromatic N) is 1. The summed E-state index contributed by atoms with van der Waals surface area (Å²) < 4.78 is 0. The number of rotatable bonds is 7. The topological polar surface area (TPSA) is 62.2 Å². The number of hydrogen-bond acceptors (Lipinski definition) is 4. The lowest BCUT2D eigenvalue weighted by atomic mass is 10.2. The summed E-state index contributed by atoms with van der Waals surface area (Å²) in [5.41, 5.74) is 2.13. The van der Waals surface area contributed by atoms with Crippen LogP contribution in [0.1, 0.15) is 11.4 Å². The third kappa shape index (κ3) is 4.46. The molecular weight excluding hydrogens is 260 g/mol. The zero-order valence-electron chi connectivity index (χ0n) is 10.5. The quantitative estimate of drug-likeness (QED) is 0.762. The van der Waals surface area contributed by atoms with Crippen molar-refractivity contribution in [2.45, 2.75) is 12.8 Å². The normalized spacial score (nSPS) is 10.5. The summed E-state index contributed by atoms with van der Waals surface area (Å²) in [6, 6.07) is 10.1. The Kier molecular flexibility index (Phi) is 5.06. The van der Waals surface area contributed by atoms with E-state index in [-0.39, 0.29) is 6.42 Å². The maximum Gasteiger partial charge on any atom is 0.304 e. The highest BCUT2D eigenvalue weighted by atomic mass is 32.1. The van der Waals surface area contributed by atoms with E-state index in [0.717, 1.165) is 29.2 Å². The Balaban J connectivity index is 1.80. The molecule has 2 N–H and O–H groups in total. The van der Waals surface area contributed by atoms with Gasteiger partial charge in [0, 0.05) is 30.5 Å². The molecular formula is C14H16N2O2S. The van der Waals surface area contributed by atoms with Crippen molar-refractivity contribution in [2.75, 3.05) is 13.1 Å². The molecule has 0 bridgehead atoms. The van der Waals surface area contributed by atoms with Crippen LogP contribution in [0.25, 0.3) is 11.3 Å². The standard InChI is InChI=1S/C14H16N2O2S/c17-14(18)7-9-15-8-6-13-16-12(10-19-13)11-4-2-1-3-5-11/h1-5,10,15H,6-9H2,(H,17,18). The molecule has 19 heavy (non-hydrogen) atoms. The SMILES string of the molecule is O=C(O)CCNCCc1nc(-c2ccccc2)cs1. The minimum absolute atomic E-state index is 0.160. The monoisotopic (exact) mass is 276 g/mol. The van der Waals surface area contributed by atoms with E-state index in [1.807, 2.05) is 30.3 Å². The van der Waals surface area contributed by atoms with Gasteiger partial charge in [0.25, 0.3) is 0 Å². The molecule has 0 atom stereocenters. The molecule has 0 fully saturated rings. The zero-order valence-corrected chi connectivity index (χ0v) is 11.3. The molecule has 0 unspecified atom stereocenters. The summed E-state index contributed by atoms with van der Waals surface area (Å²) in [6.07, 6.45) is 0.990. The minimum atomic E-state index is -0.770. The molecule has 1 aromatic carbocycles. The van der Waals surface area contributed by atoms with Crippen LogP contribution in [0.3, 0.4) is 0 Å². The molecule has 0 aliphatic carbocycles. The van der Waals surface area contributed by atoms with Crippen LogP contribution in [0.5, 0.6) is 0 Å². The largest absolute Gasteiger partial charge is 0.481 e. The Hall–Kier alpha value is -1.72. The highest BCUT2D eigenvalue weighted by molar-refractivity contribution is 7.09. The molecule has 4 nitrogen and oxygen atoms in total. The first-order valence-electron chi connectivity index (χ1n) is 6.18. The minimum Gasteiger partial charge on any atom is -0.481 e. The highest BCUT2D eigenvalue weighted by Crippen LogP contribution is 2.21. The summed E-state index contributed by atoms with van der Waals surface area (Å²) in [5, 5.41) is 14.7. The zero-order chi connectivity index (χ0) is 13.5. The second kappa shape index (κ2) is 7.01. The summed E-state index contributed by atoms with van der Waals surface area (Å²) in [6.45, 7) is 1.27. The van der Waals surface area contributed by atoms with Crippen LogP contribution in [0.15, 0.2) is 35.7 Å². The second-order valence-corrected chi connectivity index (χ2v) is 5.08. The van der Waals surface area contributed by atoms with E-state index in [1.165, 1.54) is 0 Å². The third-order valence-electron chi connectivity index (χ3n) is 2.65. The van der Waals surface area contributed by atoms with Crippen molar-refractivity contribution >= 4 is 17.3 Å². The number of carboxylic acids is 1. The van der Waals surface area contributed by atoms with Crippen LogP contribution in [0, 0.1) is 0 Å². The molecule has 0 aliphatic rings. The van der Waals surface area contributed by atoms with Gasteiger partial charge in [-0.25, -0.2) is 4.98 Å². The van der Waals surface area contributed by atoms with Gasteiger partial charge in [0.05, 0.1) is 17.1 Å². The Morgan fingerprint density at radius 3 is 2.79 bits per heavy atom. The Bertz CT molecular complexity index is 525. The average Bonchev–Trinajstić information content (AvgIpc) is 2.88. The van der Waals surface area contributed by atoms with Gasteiger partial charge in [-0.1, -0.05) is 30.3 Å². The Morgan fingerprint density at radius 1 is 1.26 bits per heavy atom. The second-order valence-electron chi connectivity index (χ2n) is 4.14. The molecule has 2 rings (SSSR count). The number of aromatic nitrogens is 1. The van der Waals surface area contributed by atoms with E-state index >= 15 is 0 Å². The van der Waals surface area contributed by atoms with E-state index in [9.17, 15) is 4.79 Å². The summed E-state index contributed by atoms with van der Waals surface area (Å²) in [7, 11) is 0. The lowest BCUT2D eigenvalue weighted by Crippen LogP contribution is -2.20. The van der Waals surface area contributed by atoms with E-state index in [4.69, 9.17) is 5.11 Å². The number of carboxylic acid groups (broad SMARTS) is 1. The van der Waals surface area contributed by atoms with Gasteiger partial charge in [-0.15, -0.1) is 11.3 Å². The first-order chi connectivity index (χ1) is 9.25. The van der Waals surface area contributed by atoms with E-state index in [1.54, 1.807) is 11.3 Å². The number of thiazole rings is 1. The van der Waals surface area contributed by atoms with E-state index in [2.05, 4.69) is 15.7 Å². The van der Waals surface area contributed by atoms with Crippen LogP contribution in [-0.2, 0) is 11.2 Å². The van der Waals surface area contributed by atoms with Crippen LogP contribution >= 0.6 is 11.3 Å². The summed E-state index contributed by atoms with van der Waals surface area (Å²) in [5.74, 6) is -0.770. The van der Waals surface area contributed by atoms with Gasteiger partial charge in [0.15, 0.2) is 0 Å². The van der Waals surface area contributed by atoms with E-state index in [0.29, 0.717) is 6.54 Å². The maximum atomic E-state index is 10.3.